The number of halogens is 4. The molecule has 0 saturated carbocycles. The molecule has 2 rings (SSSR count). The van der Waals surface area contributed by atoms with Gasteiger partial charge in [-0.1, -0.05) is 53.9 Å². The normalized spacial score (nSPS) is 12.2. The van der Waals surface area contributed by atoms with Crippen molar-refractivity contribution in [1.82, 2.24) is 0 Å². The summed E-state index contributed by atoms with van der Waals surface area (Å²) < 4.78 is 0.786. The minimum absolute atomic E-state index is 0.155. The fraction of sp³-hybridized carbons (Fsp3) is 0.200. The third-order valence-corrected chi connectivity index (χ3v) is 5.07. The Hall–Kier alpha value is -0.410. The number of anilines is 1. The number of nitrogens with one attached hydrogen (secondary N) is 1. The number of hydrogen-bond acceptors (Lipinski definition) is 1. The first-order valence-electron chi connectivity index (χ1n) is 6.18. The van der Waals surface area contributed by atoms with Crippen LogP contribution in [0.25, 0.3) is 0 Å². The SMILES string of the molecule is CCC(Nc1ccc(Br)c(Cl)c1Cl)c1ccc(Cl)cc1. The fourth-order valence-electron chi connectivity index (χ4n) is 1.94. The molecule has 2 aromatic carbocycles. The van der Waals surface area contributed by atoms with E-state index in [1.54, 1.807) is 0 Å². The van der Waals surface area contributed by atoms with Gasteiger partial charge in [0.25, 0.3) is 0 Å². The second-order valence-electron chi connectivity index (χ2n) is 4.38. The van der Waals surface area contributed by atoms with E-state index in [1.807, 2.05) is 36.4 Å². The van der Waals surface area contributed by atoms with E-state index in [9.17, 15) is 0 Å². The Morgan fingerprint density at radius 1 is 1.00 bits per heavy atom. The highest BCUT2D eigenvalue weighted by molar-refractivity contribution is 9.10. The molecule has 0 bridgehead atoms. The average molecular weight is 394 g/mol. The van der Waals surface area contributed by atoms with Gasteiger partial charge in [-0.2, -0.15) is 0 Å². The summed E-state index contributed by atoms with van der Waals surface area (Å²) in [6.07, 6.45) is 0.922. The van der Waals surface area contributed by atoms with Crippen LogP contribution in [0.1, 0.15) is 24.9 Å². The molecular weight excluding hydrogens is 380 g/mol. The molecule has 0 aromatic heterocycles. The van der Waals surface area contributed by atoms with Crippen molar-refractivity contribution >= 4 is 56.4 Å². The van der Waals surface area contributed by atoms with E-state index >= 15 is 0 Å². The van der Waals surface area contributed by atoms with E-state index < -0.39 is 0 Å². The third-order valence-electron chi connectivity index (χ3n) is 3.05. The molecule has 5 heteroatoms. The fourth-order valence-corrected chi connectivity index (χ4v) is 2.90. The Morgan fingerprint density at radius 3 is 2.25 bits per heavy atom. The molecule has 0 aliphatic carbocycles. The van der Waals surface area contributed by atoms with Crippen molar-refractivity contribution in [3.63, 3.8) is 0 Å². The van der Waals surface area contributed by atoms with Gasteiger partial charge in [-0.25, -0.2) is 0 Å². The molecule has 20 heavy (non-hydrogen) atoms. The van der Waals surface area contributed by atoms with Crippen LogP contribution < -0.4 is 5.32 Å². The van der Waals surface area contributed by atoms with Gasteiger partial charge in [0.2, 0.25) is 0 Å². The molecule has 1 nitrogen and oxygen atoms in total. The Morgan fingerprint density at radius 2 is 1.65 bits per heavy atom. The molecule has 1 N–H and O–H groups in total. The molecule has 1 atom stereocenters. The molecule has 0 saturated heterocycles. The van der Waals surface area contributed by atoms with Crippen LogP contribution >= 0.6 is 50.7 Å². The van der Waals surface area contributed by atoms with Gasteiger partial charge in [0.1, 0.15) is 0 Å². The lowest BCUT2D eigenvalue weighted by Crippen LogP contribution is -2.10. The lowest BCUT2D eigenvalue weighted by atomic mass is 10.0. The first-order valence-corrected chi connectivity index (χ1v) is 8.11. The van der Waals surface area contributed by atoms with E-state index in [1.165, 1.54) is 0 Å². The molecule has 0 radical (unpaired) electrons. The van der Waals surface area contributed by atoms with Gasteiger partial charge in [0.15, 0.2) is 0 Å². The van der Waals surface area contributed by atoms with E-state index in [0.717, 1.165) is 27.2 Å². The summed E-state index contributed by atoms with van der Waals surface area (Å²) in [4.78, 5) is 0. The predicted molar refractivity (Wildman–Crippen MR) is 92.3 cm³/mol. The lowest BCUT2D eigenvalue weighted by Gasteiger charge is -2.20. The summed E-state index contributed by atoms with van der Waals surface area (Å²) in [5.74, 6) is 0. The van der Waals surface area contributed by atoms with Crippen molar-refractivity contribution < 1.29 is 0 Å². The molecule has 0 aliphatic rings. The summed E-state index contributed by atoms with van der Waals surface area (Å²) in [5, 5.41) is 5.19. The highest BCUT2D eigenvalue weighted by Gasteiger charge is 2.13. The topological polar surface area (TPSA) is 12.0 Å². The summed E-state index contributed by atoms with van der Waals surface area (Å²) >= 11 is 21.7. The largest absolute Gasteiger partial charge is 0.377 e. The minimum Gasteiger partial charge on any atom is -0.377 e. The molecule has 0 spiro atoms. The highest BCUT2D eigenvalue weighted by Crippen LogP contribution is 2.37. The second kappa shape index (κ2) is 7.04. The zero-order chi connectivity index (χ0) is 14.7. The molecule has 1 unspecified atom stereocenters. The van der Waals surface area contributed by atoms with Crippen LogP contribution in [0.2, 0.25) is 15.1 Å². The Balaban J connectivity index is 2.27. The summed E-state index contributed by atoms with van der Waals surface area (Å²) in [7, 11) is 0. The quantitative estimate of drug-likeness (QED) is 0.553. The molecule has 0 amide bonds. The zero-order valence-corrected chi connectivity index (χ0v) is 14.6. The van der Waals surface area contributed by atoms with Crippen molar-refractivity contribution in [2.24, 2.45) is 0 Å². The van der Waals surface area contributed by atoms with Gasteiger partial charge in [0.05, 0.1) is 21.8 Å². The van der Waals surface area contributed by atoms with E-state index in [0.29, 0.717) is 10.0 Å². The lowest BCUT2D eigenvalue weighted by molar-refractivity contribution is 0.749. The van der Waals surface area contributed by atoms with E-state index in [4.69, 9.17) is 34.8 Å². The Bertz CT molecular complexity index is 599. The Labute approximate surface area is 142 Å². The molecule has 0 aliphatic heterocycles. The number of rotatable bonds is 4. The molecule has 106 valence electrons. The maximum atomic E-state index is 6.27. The van der Waals surface area contributed by atoms with Gasteiger partial charge in [0, 0.05) is 9.50 Å². The Kier molecular flexibility index (Phi) is 5.62. The van der Waals surface area contributed by atoms with Crippen LogP contribution in [-0.4, -0.2) is 0 Å². The van der Waals surface area contributed by atoms with Crippen molar-refractivity contribution in [2.75, 3.05) is 5.32 Å². The monoisotopic (exact) mass is 391 g/mol. The standard InChI is InChI=1S/C15H13BrCl3N/c1-2-12(9-3-5-10(17)6-4-9)20-13-8-7-11(16)14(18)15(13)19/h3-8,12,20H,2H2,1H3. The first kappa shape index (κ1) is 16.0. The number of benzene rings is 2. The van der Waals surface area contributed by atoms with Crippen LogP contribution in [0.5, 0.6) is 0 Å². The van der Waals surface area contributed by atoms with Crippen LogP contribution in [0.3, 0.4) is 0 Å². The van der Waals surface area contributed by atoms with Crippen LogP contribution in [0, 0.1) is 0 Å². The maximum Gasteiger partial charge on any atom is 0.0835 e. The van der Waals surface area contributed by atoms with Gasteiger partial charge in [-0.05, 0) is 52.2 Å². The van der Waals surface area contributed by atoms with Crippen LogP contribution in [0.15, 0.2) is 40.9 Å². The van der Waals surface area contributed by atoms with E-state index in [2.05, 4.69) is 28.2 Å². The molecule has 2 aromatic rings. The molecular formula is C15H13BrCl3N. The predicted octanol–water partition coefficient (Wildman–Crippen LogP) is 6.97. The van der Waals surface area contributed by atoms with Crippen molar-refractivity contribution in [3.05, 3.63) is 61.5 Å². The zero-order valence-electron chi connectivity index (χ0n) is 10.8. The highest BCUT2D eigenvalue weighted by atomic mass is 79.9. The number of hydrogen-bond donors (Lipinski definition) is 1. The van der Waals surface area contributed by atoms with Gasteiger partial charge in [-0.3, -0.25) is 0 Å². The van der Waals surface area contributed by atoms with Crippen molar-refractivity contribution in [3.8, 4) is 0 Å². The third kappa shape index (κ3) is 3.62. The van der Waals surface area contributed by atoms with E-state index in [-0.39, 0.29) is 6.04 Å². The van der Waals surface area contributed by atoms with Crippen LogP contribution in [0.4, 0.5) is 5.69 Å². The van der Waals surface area contributed by atoms with Gasteiger partial charge < -0.3 is 5.32 Å². The summed E-state index contributed by atoms with van der Waals surface area (Å²) in [6, 6.07) is 11.7. The summed E-state index contributed by atoms with van der Waals surface area (Å²) in [5.41, 5.74) is 1.98. The smallest absolute Gasteiger partial charge is 0.0835 e. The molecule has 0 fully saturated rings. The van der Waals surface area contributed by atoms with Crippen LogP contribution in [-0.2, 0) is 0 Å². The molecule has 0 heterocycles. The van der Waals surface area contributed by atoms with Gasteiger partial charge >= 0.3 is 0 Å². The summed E-state index contributed by atoms with van der Waals surface area (Å²) in [6.45, 7) is 2.11. The van der Waals surface area contributed by atoms with Crippen molar-refractivity contribution in [1.29, 1.82) is 0 Å². The maximum absolute atomic E-state index is 6.27. The average Bonchev–Trinajstić information content (AvgIpc) is 2.45. The second-order valence-corrected chi connectivity index (χ2v) is 6.43. The van der Waals surface area contributed by atoms with Gasteiger partial charge in [-0.15, -0.1) is 0 Å². The first-order chi connectivity index (χ1) is 9.52. The minimum atomic E-state index is 0.155. The van der Waals surface area contributed by atoms with Crippen molar-refractivity contribution in [2.45, 2.75) is 19.4 Å².